The molecule has 0 bridgehead atoms. The van der Waals surface area contributed by atoms with E-state index in [9.17, 15) is 18.5 Å². The predicted molar refractivity (Wildman–Crippen MR) is 295 cm³/mol. The normalized spacial score (nSPS) is 16.3. The number of benzene rings is 5. The minimum atomic E-state index is -3.81. The van der Waals surface area contributed by atoms with Gasteiger partial charge >= 0.3 is 5.69 Å². The first-order valence-electron chi connectivity index (χ1n) is 25.2. The highest BCUT2D eigenvalue weighted by molar-refractivity contribution is 7.89. The van der Waals surface area contributed by atoms with Gasteiger partial charge in [0.1, 0.15) is 35.2 Å². The molecule has 1 saturated heterocycles. The molecule has 1 aliphatic heterocycles. The second-order valence-corrected chi connectivity index (χ2v) is 21.8. The van der Waals surface area contributed by atoms with Gasteiger partial charge in [-0.25, -0.2) is 22.6 Å². The van der Waals surface area contributed by atoms with Crippen molar-refractivity contribution in [1.82, 2.24) is 18.9 Å². The van der Waals surface area contributed by atoms with Crippen LogP contribution in [0.25, 0.3) is 0 Å². The van der Waals surface area contributed by atoms with E-state index in [0.29, 0.717) is 41.7 Å². The molecule has 0 aliphatic carbocycles. The van der Waals surface area contributed by atoms with Crippen molar-refractivity contribution >= 4 is 41.4 Å². The van der Waals surface area contributed by atoms with Crippen molar-refractivity contribution in [3.8, 4) is 17.6 Å². The first-order chi connectivity index (χ1) is 36.6. The number of rotatable bonds is 27. The van der Waals surface area contributed by atoms with Gasteiger partial charge in [0.05, 0.1) is 62.3 Å². The second kappa shape index (κ2) is 26.9. The Kier molecular flexibility index (Phi) is 20.3. The number of nitrogens with zero attached hydrogens (tertiary/aromatic N) is 7. The van der Waals surface area contributed by atoms with Crippen molar-refractivity contribution in [2.75, 3.05) is 64.8 Å². The number of anilines is 2. The summed E-state index contributed by atoms with van der Waals surface area (Å²) in [5.41, 5.74) is 3.02. The number of sulfonamides is 1. The van der Waals surface area contributed by atoms with E-state index in [1.54, 1.807) is 38.6 Å². The monoisotopic (exact) mass is 1070 g/mol. The van der Waals surface area contributed by atoms with Gasteiger partial charge in [0.25, 0.3) is 8.53 Å². The van der Waals surface area contributed by atoms with Crippen LogP contribution in [-0.2, 0) is 34.1 Å². The molecule has 76 heavy (non-hydrogen) atoms. The Morgan fingerprint density at radius 1 is 0.816 bits per heavy atom. The van der Waals surface area contributed by atoms with Gasteiger partial charge in [-0.2, -0.15) is 20.5 Å². The summed E-state index contributed by atoms with van der Waals surface area (Å²) in [6.07, 6.45) is 0.261. The fourth-order valence-corrected chi connectivity index (χ4v) is 11.6. The zero-order chi connectivity index (χ0) is 54.2. The molecule has 18 nitrogen and oxygen atoms in total. The molecule has 7 rings (SSSR count). The maximum Gasteiger partial charge on any atom is 0.351 e. The zero-order valence-electron chi connectivity index (χ0n) is 44.3. The fourth-order valence-electron chi connectivity index (χ4n) is 8.77. The largest absolute Gasteiger partial charge is 0.497 e. The molecule has 6 aromatic rings. The molecule has 5 aromatic carbocycles. The topological polar surface area (TPSA) is 203 Å². The van der Waals surface area contributed by atoms with Gasteiger partial charge in [0.2, 0.25) is 10.0 Å². The van der Waals surface area contributed by atoms with Crippen LogP contribution >= 0.6 is 8.53 Å². The third kappa shape index (κ3) is 14.5. The third-order valence-electron chi connectivity index (χ3n) is 12.6. The standard InChI is InChI=1S/C56H68N9O9PS/c1-40(2)65(41(3)4)75(72-37-12-33-57)74-51-38-54(73-52(51)39-71-56(42-14-10-9-11-15-42,43-16-26-48(69-7)27-17-43)44-18-28-49(70-8)29-19-44)64-36-32-53(60-55(64)66)58-34-13-35-59-76(67,68)50-30-22-46(23-31-50)62-61-45-20-24-47(25-21-45)63(5)6/h9-11,14-32,36,40-41,51-52,54,59H,12-13,34-35,37-39H2,1-8H3,(H,58,60,66)/t51-,52+,54+,75?/m0/s1. The molecule has 1 aliphatic rings. The van der Waals surface area contributed by atoms with E-state index in [0.717, 1.165) is 22.4 Å². The van der Waals surface area contributed by atoms with Crippen molar-refractivity contribution in [3.63, 3.8) is 0 Å². The van der Waals surface area contributed by atoms with E-state index in [1.165, 1.54) is 16.7 Å². The quantitative estimate of drug-likeness (QED) is 0.0213. The molecule has 20 heteroatoms. The minimum absolute atomic E-state index is 0.00873. The Morgan fingerprint density at radius 2 is 1.39 bits per heavy atom. The van der Waals surface area contributed by atoms with E-state index in [1.807, 2.05) is 122 Å². The van der Waals surface area contributed by atoms with Crippen LogP contribution in [-0.4, -0.2) is 102 Å². The number of hydrogen-bond acceptors (Lipinski definition) is 16. The van der Waals surface area contributed by atoms with Crippen LogP contribution in [0.1, 0.15) is 69.9 Å². The average molecular weight is 1070 g/mol. The van der Waals surface area contributed by atoms with Crippen LogP contribution in [0.5, 0.6) is 11.5 Å². The summed E-state index contributed by atoms with van der Waals surface area (Å²) in [6.45, 7) is 8.92. The summed E-state index contributed by atoms with van der Waals surface area (Å²) < 4.78 is 71.1. The fraction of sp³-hybridized carbons (Fsp3) is 0.375. The van der Waals surface area contributed by atoms with E-state index in [2.05, 4.69) is 63.7 Å². The number of ether oxygens (including phenoxy) is 4. The van der Waals surface area contributed by atoms with Crippen LogP contribution in [0.2, 0.25) is 0 Å². The van der Waals surface area contributed by atoms with Crippen LogP contribution in [0, 0.1) is 11.3 Å². The number of nitrogens with one attached hydrogen (secondary N) is 2. The van der Waals surface area contributed by atoms with Gasteiger partial charge in [0, 0.05) is 57.6 Å². The summed E-state index contributed by atoms with van der Waals surface area (Å²) in [6, 6.07) is 43.1. The molecule has 402 valence electrons. The maximum absolute atomic E-state index is 13.9. The maximum atomic E-state index is 13.9. The summed E-state index contributed by atoms with van der Waals surface area (Å²) in [4.78, 5) is 20.4. The van der Waals surface area contributed by atoms with Crippen LogP contribution in [0.15, 0.2) is 160 Å². The molecular weight excluding hydrogens is 1010 g/mol. The van der Waals surface area contributed by atoms with Gasteiger partial charge in [-0.05, 0) is 130 Å². The number of nitriles is 1. The van der Waals surface area contributed by atoms with Crippen molar-refractivity contribution in [3.05, 3.63) is 167 Å². The molecule has 1 aromatic heterocycles. The summed E-state index contributed by atoms with van der Waals surface area (Å²) >= 11 is 0. The molecule has 0 saturated carbocycles. The Balaban J connectivity index is 1.07. The number of azo groups is 1. The van der Waals surface area contributed by atoms with Gasteiger partial charge < -0.3 is 38.2 Å². The van der Waals surface area contributed by atoms with Crippen LogP contribution < -0.4 is 30.1 Å². The van der Waals surface area contributed by atoms with E-state index >= 15 is 0 Å². The Bertz CT molecular complexity index is 2960. The first-order valence-corrected chi connectivity index (χ1v) is 27.8. The Hall–Kier alpha value is -6.59. The third-order valence-corrected chi connectivity index (χ3v) is 16.2. The summed E-state index contributed by atoms with van der Waals surface area (Å²) in [7, 11) is 1.63. The van der Waals surface area contributed by atoms with Crippen molar-refractivity contribution in [2.24, 2.45) is 10.2 Å². The lowest BCUT2D eigenvalue weighted by Gasteiger charge is -2.39. The molecule has 0 amide bonds. The highest BCUT2D eigenvalue weighted by atomic mass is 32.2. The van der Waals surface area contributed by atoms with Crippen molar-refractivity contribution in [1.29, 1.82) is 5.26 Å². The highest BCUT2D eigenvalue weighted by Crippen LogP contribution is 2.51. The molecule has 1 fully saturated rings. The number of methoxy groups -OCH3 is 2. The molecule has 0 spiro atoms. The molecule has 0 radical (unpaired) electrons. The number of hydrogen-bond donors (Lipinski definition) is 2. The van der Waals surface area contributed by atoms with Gasteiger partial charge in [-0.15, -0.1) is 0 Å². The molecule has 4 atom stereocenters. The SMILES string of the molecule is COc1ccc(C(OC[C@H]2O[C@@H](n3ccc(NCCCNS(=O)(=O)c4ccc(N=Nc5ccc(N(C)C)cc5)cc4)nc3=O)C[C@@H]2OP(OCCC#N)N(C(C)C)C(C)C)(c2ccccc2)c2ccc(OC)cc2)cc1. The second-order valence-electron chi connectivity index (χ2n) is 18.7. The van der Waals surface area contributed by atoms with Crippen LogP contribution in [0.3, 0.4) is 0 Å². The average Bonchev–Trinajstić information content (AvgIpc) is 3.87. The van der Waals surface area contributed by atoms with E-state index in [4.69, 9.17) is 28.0 Å². The first kappa shape index (κ1) is 57.1. The summed E-state index contributed by atoms with van der Waals surface area (Å²) in [5, 5.41) is 21.1. The predicted octanol–water partition coefficient (Wildman–Crippen LogP) is 10.5. The van der Waals surface area contributed by atoms with E-state index < -0.39 is 48.3 Å². The number of aromatic nitrogens is 2. The lowest BCUT2D eigenvalue weighted by atomic mass is 9.80. The minimum Gasteiger partial charge on any atom is -0.497 e. The smallest absolute Gasteiger partial charge is 0.351 e. The lowest BCUT2D eigenvalue weighted by Crippen LogP contribution is -2.39. The zero-order valence-corrected chi connectivity index (χ0v) is 46.0. The lowest BCUT2D eigenvalue weighted by molar-refractivity contribution is -0.0925. The molecule has 2 N–H and O–H groups in total. The summed E-state index contributed by atoms with van der Waals surface area (Å²) in [5.74, 6) is 1.69. The Labute approximate surface area is 447 Å². The highest BCUT2D eigenvalue weighted by Gasteiger charge is 2.45. The Morgan fingerprint density at radius 3 is 1.93 bits per heavy atom. The van der Waals surface area contributed by atoms with E-state index in [-0.39, 0.29) is 49.6 Å². The van der Waals surface area contributed by atoms with Gasteiger partial charge in [0.15, 0.2) is 0 Å². The van der Waals surface area contributed by atoms with Gasteiger partial charge in [-0.3, -0.25) is 4.57 Å². The molecular formula is C56H68N9O9PS. The van der Waals surface area contributed by atoms with Crippen LogP contribution in [0.4, 0.5) is 22.9 Å². The molecule has 2 heterocycles. The van der Waals surface area contributed by atoms with Gasteiger partial charge in [-0.1, -0.05) is 54.6 Å². The molecule has 1 unspecified atom stereocenters. The van der Waals surface area contributed by atoms with Crippen molar-refractivity contribution in [2.45, 2.75) is 88.0 Å². The van der Waals surface area contributed by atoms with Crippen molar-refractivity contribution < 1.29 is 36.4 Å².